The van der Waals surface area contributed by atoms with Crippen LogP contribution in [0.2, 0.25) is 0 Å². The van der Waals surface area contributed by atoms with E-state index in [2.05, 4.69) is 74.1 Å². The summed E-state index contributed by atoms with van der Waals surface area (Å²) in [6.07, 6.45) is 16.3. The molecule has 0 aromatic rings. The van der Waals surface area contributed by atoms with E-state index < -0.39 is 0 Å². The molecule has 0 radical (unpaired) electrons. The minimum Gasteiger partial charge on any atom is -0.0996 e. The van der Waals surface area contributed by atoms with Gasteiger partial charge in [0, 0.05) is 0 Å². The van der Waals surface area contributed by atoms with Crippen LogP contribution in [-0.4, -0.2) is 0 Å². The maximum absolute atomic E-state index is 4.35. The highest BCUT2D eigenvalue weighted by atomic mass is 14.6. The van der Waals surface area contributed by atoms with E-state index in [-0.39, 0.29) is 0 Å². The van der Waals surface area contributed by atoms with Crippen molar-refractivity contribution >= 4 is 0 Å². The quantitative estimate of drug-likeness (QED) is 0.364. The third-order valence-electron chi connectivity index (χ3n) is 11.5. The van der Waals surface area contributed by atoms with Crippen molar-refractivity contribution < 1.29 is 0 Å². The number of fused-ring (bicyclic) bond motifs is 5. The van der Waals surface area contributed by atoms with E-state index in [4.69, 9.17) is 0 Å². The molecule has 4 rings (SSSR count). The van der Waals surface area contributed by atoms with Gasteiger partial charge in [0.05, 0.1) is 0 Å². The zero-order valence-electron chi connectivity index (χ0n) is 24.0. The Labute approximate surface area is 207 Å². The first-order chi connectivity index (χ1) is 15.4. The summed E-state index contributed by atoms with van der Waals surface area (Å²) in [4.78, 5) is 0. The number of rotatable bonds is 5. The van der Waals surface area contributed by atoms with Crippen LogP contribution in [0.1, 0.15) is 121 Å². The summed E-state index contributed by atoms with van der Waals surface area (Å²) in [7, 11) is 0. The molecule has 0 amide bonds. The molecule has 7 atom stereocenters. The van der Waals surface area contributed by atoms with Crippen molar-refractivity contribution in [1.82, 2.24) is 0 Å². The number of hydrogen-bond acceptors (Lipinski definition) is 0. The standard InChI is InChI=1S/C31H50.C2H6/c1-20(2)21(3)10-11-22(4)25-13-14-26-24-12-15-28-29(6,7)23(5)16-18-31(28,9)27(24)17-19-30(25,26)8;1-2/h12,17,20,22-23,25-26,28H,3,10-11,13-16,18-19H2,1-2,4-9H3;1-2H3. The highest BCUT2D eigenvalue weighted by Crippen LogP contribution is 2.67. The molecule has 188 valence electrons. The highest BCUT2D eigenvalue weighted by molar-refractivity contribution is 5.47. The molecule has 2 fully saturated rings. The van der Waals surface area contributed by atoms with Crippen LogP contribution in [-0.2, 0) is 0 Å². The number of hydrogen-bond donors (Lipinski definition) is 0. The first kappa shape index (κ1) is 26.8. The summed E-state index contributed by atoms with van der Waals surface area (Å²) in [5, 5.41) is 0. The van der Waals surface area contributed by atoms with Crippen molar-refractivity contribution in [2.75, 3.05) is 0 Å². The molecule has 0 heteroatoms. The van der Waals surface area contributed by atoms with Crippen molar-refractivity contribution in [2.24, 2.45) is 51.8 Å². The van der Waals surface area contributed by atoms with Gasteiger partial charge in [-0.2, -0.15) is 0 Å². The van der Waals surface area contributed by atoms with Crippen LogP contribution >= 0.6 is 0 Å². The average molecular weight is 453 g/mol. The van der Waals surface area contributed by atoms with Crippen molar-refractivity contribution in [3.63, 3.8) is 0 Å². The van der Waals surface area contributed by atoms with Gasteiger partial charge >= 0.3 is 0 Å². The Bertz CT molecular complexity index is 776. The van der Waals surface area contributed by atoms with E-state index in [0.29, 0.717) is 22.2 Å². The van der Waals surface area contributed by atoms with Crippen LogP contribution in [0.15, 0.2) is 35.5 Å². The maximum atomic E-state index is 4.35. The second-order valence-corrected chi connectivity index (χ2v) is 13.5. The molecule has 0 saturated heterocycles. The molecule has 0 aromatic carbocycles. The SMILES string of the molecule is C=C(CCC(C)C1CCC2C3=CCC4C(C)(CCC(C)C4(C)C)C3=CCC21C)C(C)C.CC. The summed E-state index contributed by atoms with van der Waals surface area (Å²) in [6, 6.07) is 0. The Hall–Kier alpha value is -0.780. The molecule has 33 heavy (non-hydrogen) atoms. The van der Waals surface area contributed by atoms with Crippen molar-refractivity contribution in [3.8, 4) is 0 Å². The van der Waals surface area contributed by atoms with Gasteiger partial charge in [-0.15, -0.1) is 0 Å². The Balaban J connectivity index is 0.00000149. The van der Waals surface area contributed by atoms with Crippen LogP contribution in [0.5, 0.6) is 0 Å². The number of allylic oxidation sites excluding steroid dienone is 5. The summed E-state index contributed by atoms with van der Waals surface area (Å²) in [5.41, 5.74) is 6.34. The van der Waals surface area contributed by atoms with Crippen LogP contribution in [0.3, 0.4) is 0 Å². The zero-order chi connectivity index (χ0) is 24.8. The summed E-state index contributed by atoms with van der Waals surface area (Å²) in [6.45, 7) is 28.4. The van der Waals surface area contributed by atoms with Gasteiger partial charge in [-0.1, -0.05) is 93.5 Å². The zero-order valence-corrected chi connectivity index (χ0v) is 24.0. The lowest BCUT2D eigenvalue weighted by atomic mass is 9.45. The lowest BCUT2D eigenvalue weighted by molar-refractivity contribution is -0.0228. The molecule has 0 spiro atoms. The molecule has 2 saturated carbocycles. The van der Waals surface area contributed by atoms with Crippen molar-refractivity contribution in [3.05, 3.63) is 35.5 Å². The molecule has 0 aliphatic heterocycles. The monoisotopic (exact) mass is 452 g/mol. The first-order valence-corrected chi connectivity index (χ1v) is 14.5. The molecule has 0 N–H and O–H groups in total. The van der Waals surface area contributed by atoms with E-state index in [1.54, 1.807) is 11.1 Å². The molecule has 4 aliphatic carbocycles. The lowest BCUT2D eigenvalue weighted by Gasteiger charge is -2.59. The predicted octanol–water partition coefficient (Wildman–Crippen LogP) is 10.4. The van der Waals surface area contributed by atoms with E-state index in [0.717, 1.165) is 29.6 Å². The minimum absolute atomic E-state index is 0.403. The first-order valence-electron chi connectivity index (χ1n) is 14.5. The van der Waals surface area contributed by atoms with E-state index in [1.807, 2.05) is 13.8 Å². The Morgan fingerprint density at radius 1 is 1.03 bits per heavy atom. The third-order valence-corrected chi connectivity index (χ3v) is 11.5. The van der Waals surface area contributed by atoms with Gasteiger partial charge in [-0.05, 0) is 114 Å². The van der Waals surface area contributed by atoms with Gasteiger partial charge in [0.25, 0.3) is 0 Å². The van der Waals surface area contributed by atoms with Gasteiger partial charge in [-0.3, -0.25) is 0 Å². The normalized spacial score (nSPS) is 39.8. The van der Waals surface area contributed by atoms with Crippen molar-refractivity contribution in [2.45, 2.75) is 121 Å². The molecule has 4 aliphatic rings. The molecule has 0 bridgehead atoms. The fourth-order valence-electron chi connectivity index (χ4n) is 8.71. The molecular formula is C33H56. The van der Waals surface area contributed by atoms with E-state index in [1.165, 1.54) is 56.9 Å². The van der Waals surface area contributed by atoms with E-state index in [9.17, 15) is 0 Å². The Kier molecular flexibility index (Phi) is 7.88. The summed E-state index contributed by atoms with van der Waals surface area (Å²) >= 11 is 0. The lowest BCUT2D eigenvalue weighted by Crippen LogP contribution is -2.50. The van der Waals surface area contributed by atoms with Gasteiger partial charge in [0.15, 0.2) is 0 Å². The molecule has 0 nitrogen and oxygen atoms in total. The molecular weight excluding hydrogens is 396 g/mol. The highest BCUT2D eigenvalue weighted by Gasteiger charge is 2.58. The Morgan fingerprint density at radius 2 is 1.70 bits per heavy atom. The largest absolute Gasteiger partial charge is 0.0996 e. The van der Waals surface area contributed by atoms with Crippen LogP contribution < -0.4 is 0 Å². The average Bonchev–Trinajstić information content (AvgIpc) is 3.13. The second-order valence-electron chi connectivity index (χ2n) is 13.5. The van der Waals surface area contributed by atoms with Gasteiger partial charge < -0.3 is 0 Å². The van der Waals surface area contributed by atoms with Gasteiger partial charge in [0.2, 0.25) is 0 Å². The topological polar surface area (TPSA) is 0 Å². The minimum atomic E-state index is 0.403. The fourth-order valence-corrected chi connectivity index (χ4v) is 8.71. The molecule has 0 heterocycles. The van der Waals surface area contributed by atoms with Gasteiger partial charge in [-0.25, -0.2) is 0 Å². The predicted molar refractivity (Wildman–Crippen MR) is 147 cm³/mol. The maximum Gasteiger partial charge on any atom is -0.00392 e. The summed E-state index contributed by atoms with van der Waals surface area (Å²) in [5.74, 6) is 4.75. The molecule has 7 unspecified atom stereocenters. The Morgan fingerprint density at radius 3 is 2.33 bits per heavy atom. The second kappa shape index (κ2) is 9.70. The summed E-state index contributed by atoms with van der Waals surface area (Å²) < 4.78 is 0. The third kappa shape index (κ3) is 4.36. The smallest absolute Gasteiger partial charge is 0.00392 e. The van der Waals surface area contributed by atoms with E-state index >= 15 is 0 Å². The fraction of sp³-hybridized carbons (Fsp3) is 0.818. The van der Waals surface area contributed by atoms with Crippen LogP contribution in [0.4, 0.5) is 0 Å². The van der Waals surface area contributed by atoms with Crippen LogP contribution in [0.25, 0.3) is 0 Å². The van der Waals surface area contributed by atoms with Crippen molar-refractivity contribution in [1.29, 1.82) is 0 Å². The van der Waals surface area contributed by atoms with Crippen LogP contribution in [0, 0.1) is 51.8 Å². The molecule has 0 aromatic heterocycles. The van der Waals surface area contributed by atoms with Gasteiger partial charge in [0.1, 0.15) is 0 Å².